The molecule has 1 aliphatic rings. The Hall–Kier alpha value is -1.45. The zero-order chi connectivity index (χ0) is 14.8. The van der Waals surface area contributed by atoms with Gasteiger partial charge < -0.3 is 15.4 Å². The molecule has 0 aliphatic heterocycles. The van der Waals surface area contributed by atoms with Gasteiger partial charge in [0.2, 0.25) is 5.88 Å². The summed E-state index contributed by atoms with van der Waals surface area (Å²) in [4.78, 5) is 6.88. The molecule has 0 saturated heterocycles. The van der Waals surface area contributed by atoms with Gasteiger partial charge >= 0.3 is 0 Å². The standard InChI is InChI=1S/C16H27N3O/c1-16(2,3)20-15-13(17)10-11-14(18-15)19(4)12-8-6-5-7-9-12/h10-12H,5-9,17H2,1-4H3. The smallest absolute Gasteiger partial charge is 0.239 e. The Morgan fingerprint density at radius 3 is 2.45 bits per heavy atom. The van der Waals surface area contributed by atoms with Gasteiger partial charge in [-0.1, -0.05) is 19.3 Å². The molecule has 0 radical (unpaired) electrons. The highest BCUT2D eigenvalue weighted by atomic mass is 16.5. The Morgan fingerprint density at radius 2 is 1.85 bits per heavy atom. The van der Waals surface area contributed by atoms with Crippen LogP contribution in [0.5, 0.6) is 5.88 Å². The molecule has 20 heavy (non-hydrogen) atoms. The van der Waals surface area contributed by atoms with E-state index in [0.29, 0.717) is 17.6 Å². The van der Waals surface area contributed by atoms with Crippen LogP contribution in [0.1, 0.15) is 52.9 Å². The van der Waals surface area contributed by atoms with E-state index in [-0.39, 0.29) is 5.60 Å². The molecule has 1 aromatic rings. The van der Waals surface area contributed by atoms with Crippen LogP contribution in [0.3, 0.4) is 0 Å². The minimum Gasteiger partial charge on any atom is -0.470 e. The number of nitrogens with two attached hydrogens (primary N) is 1. The number of hydrogen-bond acceptors (Lipinski definition) is 4. The van der Waals surface area contributed by atoms with Crippen molar-refractivity contribution < 1.29 is 4.74 Å². The van der Waals surface area contributed by atoms with Gasteiger partial charge in [0.15, 0.2) is 0 Å². The Labute approximate surface area is 122 Å². The molecule has 1 fully saturated rings. The third kappa shape index (κ3) is 3.78. The van der Waals surface area contributed by atoms with Gasteiger partial charge in [-0.3, -0.25) is 0 Å². The average Bonchev–Trinajstić information content (AvgIpc) is 2.40. The average molecular weight is 277 g/mol. The molecule has 2 N–H and O–H groups in total. The van der Waals surface area contributed by atoms with E-state index in [2.05, 4.69) is 16.9 Å². The van der Waals surface area contributed by atoms with Gasteiger partial charge in [-0.2, -0.15) is 4.98 Å². The van der Waals surface area contributed by atoms with Crippen LogP contribution in [-0.2, 0) is 0 Å². The first kappa shape index (κ1) is 14.9. The minimum absolute atomic E-state index is 0.289. The summed E-state index contributed by atoms with van der Waals surface area (Å²) in [5, 5.41) is 0. The van der Waals surface area contributed by atoms with Crippen LogP contribution < -0.4 is 15.4 Å². The molecule has 0 atom stereocenters. The van der Waals surface area contributed by atoms with E-state index in [1.807, 2.05) is 32.9 Å². The molecule has 0 bridgehead atoms. The summed E-state index contributed by atoms with van der Waals surface area (Å²) in [6.45, 7) is 6.02. The lowest BCUT2D eigenvalue weighted by atomic mass is 9.94. The molecule has 0 spiro atoms. The highest BCUT2D eigenvalue weighted by molar-refractivity contribution is 5.54. The van der Waals surface area contributed by atoms with E-state index in [9.17, 15) is 0 Å². The highest BCUT2D eigenvalue weighted by Gasteiger charge is 2.21. The summed E-state index contributed by atoms with van der Waals surface area (Å²) >= 11 is 0. The summed E-state index contributed by atoms with van der Waals surface area (Å²) in [6, 6.07) is 4.46. The summed E-state index contributed by atoms with van der Waals surface area (Å²) in [5.74, 6) is 1.49. The number of hydrogen-bond donors (Lipinski definition) is 1. The van der Waals surface area contributed by atoms with Crippen LogP contribution in [0.15, 0.2) is 12.1 Å². The maximum Gasteiger partial charge on any atom is 0.239 e. The van der Waals surface area contributed by atoms with Crippen molar-refractivity contribution in [3.05, 3.63) is 12.1 Å². The fourth-order valence-electron chi connectivity index (χ4n) is 2.67. The molecule has 112 valence electrons. The van der Waals surface area contributed by atoms with Gasteiger partial charge in [0.1, 0.15) is 11.4 Å². The quantitative estimate of drug-likeness (QED) is 0.917. The fourth-order valence-corrected chi connectivity index (χ4v) is 2.67. The van der Waals surface area contributed by atoms with Crippen molar-refractivity contribution in [1.29, 1.82) is 0 Å². The topological polar surface area (TPSA) is 51.4 Å². The lowest BCUT2D eigenvalue weighted by molar-refractivity contribution is 0.125. The zero-order valence-electron chi connectivity index (χ0n) is 13.1. The third-order valence-corrected chi connectivity index (χ3v) is 3.76. The lowest BCUT2D eigenvalue weighted by Crippen LogP contribution is -2.34. The van der Waals surface area contributed by atoms with Crippen molar-refractivity contribution >= 4 is 11.5 Å². The number of anilines is 2. The van der Waals surface area contributed by atoms with Crippen molar-refractivity contribution in [2.24, 2.45) is 0 Å². The monoisotopic (exact) mass is 277 g/mol. The second-order valence-electron chi connectivity index (χ2n) is 6.68. The number of nitrogen functional groups attached to an aromatic ring is 1. The maximum atomic E-state index is 5.97. The molecule has 1 heterocycles. The van der Waals surface area contributed by atoms with Gasteiger partial charge in [0.05, 0.1) is 5.69 Å². The minimum atomic E-state index is -0.289. The first-order valence-corrected chi connectivity index (χ1v) is 7.55. The number of pyridine rings is 1. The van der Waals surface area contributed by atoms with E-state index in [0.717, 1.165) is 5.82 Å². The summed E-state index contributed by atoms with van der Waals surface area (Å²) in [6.07, 6.45) is 6.48. The number of rotatable bonds is 3. The van der Waals surface area contributed by atoms with Gasteiger partial charge in [-0.05, 0) is 45.7 Å². The molecule has 4 nitrogen and oxygen atoms in total. The summed E-state index contributed by atoms with van der Waals surface area (Å²) in [5.41, 5.74) is 6.28. The second-order valence-corrected chi connectivity index (χ2v) is 6.68. The van der Waals surface area contributed by atoms with Crippen LogP contribution in [-0.4, -0.2) is 23.7 Å². The Bertz CT molecular complexity index is 448. The molecule has 1 aromatic heterocycles. The highest BCUT2D eigenvalue weighted by Crippen LogP contribution is 2.29. The van der Waals surface area contributed by atoms with Gasteiger partial charge in [-0.25, -0.2) is 0 Å². The predicted octanol–water partition coefficient (Wildman–Crippen LogP) is 3.61. The number of nitrogens with zero attached hydrogens (tertiary/aromatic N) is 2. The van der Waals surface area contributed by atoms with Gasteiger partial charge in [0, 0.05) is 13.1 Å². The van der Waals surface area contributed by atoms with Crippen LogP contribution in [0, 0.1) is 0 Å². The first-order valence-electron chi connectivity index (χ1n) is 7.55. The zero-order valence-corrected chi connectivity index (χ0v) is 13.1. The van der Waals surface area contributed by atoms with Gasteiger partial charge in [-0.15, -0.1) is 0 Å². The van der Waals surface area contributed by atoms with Crippen LogP contribution in [0.4, 0.5) is 11.5 Å². The Kier molecular flexibility index (Phi) is 4.41. The molecule has 0 amide bonds. The van der Waals surface area contributed by atoms with E-state index in [4.69, 9.17) is 10.5 Å². The Balaban J connectivity index is 2.17. The maximum absolute atomic E-state index is 5.97. The third-order valence-electron chi connectivity index (χ3n) is 3.76. The van der Waals surface area contributed by atoms with E-state index >= 15 is 0 Å². The van der Waals surface area contributed by atoms with E-state index in [1.54, 1.807) is 0 Å². The molecule has 0 aromatic carbocycles. The molecule has 0 unspecified atom stereocenters. The molecule has 2 rings (SSSR count). The largest absolute Gasteiger partial charge is 0.470 e. The van der Waals surface area contributed by atoms with Crippen LogP contribution in [0.2, 0.25) is 0 Å². The van der Waals surface area contributed by atoms with Crippen molar-refractivity contribution in [3.8, 4) is 5.88 Å². The Morgan fingerprint density at radius 1 is 1.20 bits per heavy atom. The lowest BCUT2D eigenvalue weighted by Gasteiger charge is -2.32. The molecule has 4 heteroatoms. The van der Waals surface area contributed by atoms with Crippen molar-refractivity contribution in [3.63, 3.8) is 0 Å². The summed E-state index contributed by atoms with van der Waals surface area (Å²) in [7, 11) is 2.12. The molecule has 1 saturated carbocycles. The molecular weight excluding hydrogens is 250 g/mol. The normalized spacial score (nSPS) is 17.0. The molecular formula is C16H27N3O. The second kappa shape index (κ2) is 5.90. The fraction of sp³-hybridized carbons (Fsp3) is 0.688. The van der Waals surface area contributed by atoms with Gasteiger partial charge in [0.25, 0.3) is 0 Å². The van der Waals surface area contributed by atoms with Crippen LogP contribution in [0.25, 0.3) is 0 Å². The van der Waals surface area contributed by atoms with E-state index in [1.165, 1.54) is 32.1 Å². The number of ether oxygens (including phenoxy) is 1. The SMILES string of the molecule is CN(c1ccc(N)c(OC(C)(C)C)n1)C1CCCCC1. The van der Waals surface area contributed by atoms with Crippen molar-refractivity contribution in [2.75, 3.05) is 17.7 Å². The van der Waals surface area contributed by atoms with Crippen molar-refractivity contribution in [2.45, 2.75) is 64.5 Å². The first-order chi connectivity index (χ1) is 9.37. The van der Waals surface area contributed by atoms with Crippen LogP contribution >= 0.6 is 0 Å². The molecule has 1 aliphatic carbocycles. The predicted molar refractivity (Wildman–Crippen MR) is 84.3 cm³/mol. The van der Waals surface area contributed by atoms with E-state index < -0.39 is 0 Å². The van der Waals surface area contributed by atoms with Crippen molar-refractivity contribution in [1.82, 2.24) is 4.98 Å². The summed E-state index contributed by atoms with van der Waals surface area (Å²) < 4.78 is 5.85. The number of aromatic nitrogens is 1.